The Labute approximate surface area is 185 Å². The number of halogens is 1. The Morgan fingerprint density at radius 3 is 2.30 bits per heavy atom. The van der Waals surface area contributed by atoms with E-state index in [1.807, 2.05) is 21.9 Å². The summed E-state index contributed by atoms with van der Waals surface area (Å²) in [5, 5.41) is 3.68. The molecule has 2 saturated heterocycles. The zero-order valence-electron chi connectivity index (χ0n) is 18.3. The SMILES string of the molecule is CC(=O)N1CCC(N(CCCN2CCC(C)CC2)C(=O)Nc2ccc(Cl)cc2)CC1. The van der Waals surface area contributed by atoms with Gasteiger partial charge in [-0.2, -0.15) is 0 Å². The number of amides is 3. The highest BCUT2D eigenvalue weighted by molar-refractivity contribution is 6.30. The largest absolute Gasteiger partial charge is 0.343 e. The first-order valence-electron chi connectivity index (χ1n) is 11.2. The molecule has 0 radical (unpaired) electrons. The van der Waals surface area contributed by atoms with Gasteiger partial charge in [0.15, 0.2) is 0 Å². The fraction of sp³-hybridized carbons (Fsp3) is 0.652. The van der Waals surface area contributed by atoms with Crippen LogP contribution in [0.4, 0.5) is 10.5 Å². The fourth-order valence-electron chi connectivity index (χ4n) is 4.42. The number of piperidine rings is 2. The van der Waals surface area contributed by atoms with Crippen LogP contribution in [0.15, 0.2) is 24.3 Å². The fourth-order valence-corrected chi connectivity index (χ4v) is 4.55. The summed E-state index contributed by atoms with van der Waals surface area (Å²) in [6.45, 7) is 9.46. The van der Waals surface area contributed by atoms with Gasteiger partial charge in [-0.05, 0) is 81.9 Å². The Morgan fingerprint density at radius 2 is 1.70 bits per heavy atom. The Morgan fingerprint density at radius 1 is 1.07 bits per heavy atom. The molecule has 166 valence electrons. The average Bonchev–Trinajstić information content (AvgIpc) is 2.74. The van der Waals surface area contributed by atoms with Crippen molar-refractivity contribution in [3.05, 3.63) is 29.3 Å². The van der Waals surface area contributed by atoms with Crippen LogP contribution in [0.5, 0.6) is 0 Å². The summed E-state index contributed by atoms with van der Waals surface area (Å²) in [5.41, 5.74) is 0.751. The molecule has 0 bridgehead atoms. The Bertz CT molecular complexity index is 696. The van der Waals surface area contributed by atoms with Gasteiger partial charge in [0.05, 0.1) is 0 Å². The second-order valence-electron chi connectivity index (χ2n) is 8.75. The van der Waals surface area contributed by atoms with Crippen LogP contribution < -0.4 is 5.32 Å². The lowest BCUT2D eigenvalue weighted by atomic mass is 9.99. The minimum atomic E-state index is -0.0640. The smallest absolute Gasteiger partial charge is 0.322 e. The molecular formula is C23H35ClN4O2. The molecule has 30 heavy (non-hydrogen) atoms. The van der Waals surface area contributed by atoms with Crippen LogP contribution in [-0.4, -0.2) is 71.9 Å². The van der Waals surface area contributed by atoms with Gasteiger partial charge in [0, 0.05) is 43.3 Å². The van der Waals surface area contributed by atoms with Crippen molar-refractivity contribution in [3.8, 4) is 0 Å². The molecule has 6 nitrogen and oxygen atoms in total. The van der Waals surface area contributed by atoms with Crippen molar-refractivity contribution < 1.29 is 9.59 Å². The molecule has 3 amide bonds. The molecule has 0 saturated carbocycles. The lowest BCUT2D eigenvalue weighted by Gasteiger charge is -2.39. The van der Waals surface area contributed by atoms with Crippen molar-refractivity contribution >= 4 is 29.2 Å². The quantitative estimate of drug-likeness (QED) is 0.725. The number of likely N-dealkylation sites (tertiary alicyclic amines) is 2. The van der Waals surface area contributed by atoms with Crippen LogP contribution in [0, 0.1) is 5.92 Å². The van der Waals surface area contributed by atoms with Gasteiger partial charge in [-0.15, -0.1) is 0 Å². The Kier molecular flexibility index (Phi) is 8.40. The second-order valence-corrected chi connectivity index (χ2v) is 9.18. The van der Waals surface area contributed by atoms with Crippen LogP contribution >= 0.6 is 11.6 Å². The van der Waals surface area contributed by atoms with Gasteiger partial charge >= 0.3 is 6.03 Å². The number of carbonyl (C=O) groups excluding carboxylic acids is 2. The number of hydrogen-bond acceptors (Lipinski definition) is 3. The Hall–Kier alpha value is -1.79. The topological polar surface area (TPSA) is 55.9 Å². The van der Waals surface area contributed by atoms with Gasteiger partial charge in [0.2, 0.25) is 5.91 Å². The van der Waals surface area contributed by atoms with Gasteiger partial charge in [-0.25, -0.2) is 4.79 Å². The van der Waals surface area contributed by atoms with Gasteiger partial charge in [0.25, 0.3) is 0 Å². The number of hydrogen-bond donors (Lipinski definition) is 1. The molecule has 2 fully saturated rings. The predicted octanol–water partition coefficient (Wildman–Crippen LogP) is 4.31. The predicted molar refractivity (Wildman–Crippen MR) is 122 cm³/mol. The summed E-state index contributed by atoms with van der Waals surface area (Å²) in [6, 6.07) is 7.31. The molecule has 0 aromatic heterocycles. The van der Waals surface area contributed by atoms with Crippen molar-refractivity contribution in [2.45, 2.75) is 52.0 Å². The monoisotopic (exact) mass is 434 g/mol. The first kappa shape index (κ1) is 22.9. The first-order chi connectivity index (χ1) is 14.4. The van der Waals surface area contributed by atoms with E-state index in [-0.39, 0.29) is 18.0 Å². The molecule has 7 heteroatoms. The highest BCUT2D eigenvalue weighted by Gasteiger charge is 2.29. The summed E-state index contributed by atoms with van der Waals surface area (Å²) < 4.78 is 0. The normalized spacial score (nSPS) is 19.0. The number of rotatable bonds is 6. The number of nitrogens with zero attached hydrogens (tertiary/aromatic N) is 3. The maximum Gasteiger partial charge on any atom is 0.322 e. The van der Waals surface area contributed by atoms with Crippen LogP contribution in [0.1, 0.15) is 46.0 Å². The zero-order chi connectivity index (χ0) is 21.5. The van der Waals surface area contributed by atoms with E-state index >= 15 is 0 Å². The molecule has 1 aromatic carbocycles. The molecule has 2 aliphatic heterocycles. The van der Waals surface area contributed by atoms with Crippen molar-refractivity contribution in [2.75, 3.05) is 44.6 Å². The molecule has 1 N–H and O–H groups in total. The first-order valence-corrected chi connectivity index (χ1v) is 11.6. The summed E-state index contributed by atoms with van der Waals surface area (Å²) in [6.07, 6.45) is 5.16. The third kappa shape index (κ3) is 6.61. The lowest BCUT2D eigenvalue weighted by molar-refractivity contribution is -0.130. The molecule has 0 unspecified atom stereocenters. The summed E-state index contributed by atoms with van der Waals surface area (Å²) in [4.78, 5) is 31.2. The molecule has 0 spiro atoms. The van der Waals surface area contributed by atoms with E-state index in [0.717, 1.165) is 70.1 Å². The van der Waals surface area contributed by atoms with E-state index in [9.17, 15) is 9.59 Å². The summed E-state index contributed by atoms with van der Waals surface area (Å²) >= 11 is 5.96. The number of carbonyl (C=O) groups is 2. The van der Waals surface area contributed by atoms with Crippen LogP contribution in [0.2, 0.25) is 5.02 Å². The molecule has 3 rings (SSSR count). The highest BCUT2D eigenvalue weighted by atomic mass is 35.5. The molecule has 2 heterocycles. The molecular weight excluding hydrogens is 400 g/mol. The second kappa shape index (κ2) is 11.0. The minimum Gasteiger partial charge on any atom is -0.343 e. The number of urea groups is 1. The third-order valence-corrected chi connectivity index (χ3v) is 6.71. The highest BCUT2D eigenvalue weighted by Crippen LogP contribution is 2.21. The van der Waals surface area contributed by atoms with E-state index < -0.39 is 0 Å². The maximum absolute atomic E-state index is 13.1. The zero-order valence-corrected chi connectivity index (χ0v) is 19.0. The van der Waals surface area contributed by atoms with Gasteiger partial charge < -0.3 is 20.0 Å². The molecule has 0 aliphatic carbocycles. The Balaban J connectivity index is 1.58. The maximum atomic E-state index is 13.1. The average molecular weight is 435 g/mol. The van der Waals surface area contributed by atoms with Gasteiger partial charge in [-0.1, -0.05) is 18.5 Å². The van der Waals surface area contributed by atoms with Crippen molar-refractivity contribution in [1.82, 2.24) is 14.7 Å². The van der Waals surface area contributed by atoms with Crippen molar-refractivity contribution in [3.63, 3.8) is 0 Å². The summed E-state index contributed by atoms with van der Waals surface area (Å²) in [5.74, 6) is 0.944. The van der Waals surface area contributed by atoms with Crippen LogP contribution in [-0.2, 0) is 4.79 Å². The van der Waals surface area contributed by atoms with Gasteiger partial charge in [0.1, 0.15) is 0 Å². The van der Waals surface area contributed by atoms with Crippen molar-refractivity contribution in [2.24, 2.45) is 5.92 Å². The number of nitrogens with one attached hydrogen (secondary N) is 1. The standard InChI is InChI=1S/C23H35ClN4O2/c1-18-8-14-26(15-9-18)12-3-13-28(22-10-16-27(17-11-22)19(2)29)23(30)25-21-6-4-20(24)5-7-21/h4-7,18,22H,3,8-17H2,1-2H3,(H,25,30). The third-order valence-electron chi connectivity index (χ3n) is 6.46. The van der Waals surface area contributed by atoms with E-state index in [2.05, 4.69) is 17.1 Å². The van der Waals surface area contributed by atoms with E-state index in [4.69, 9.17) is 11.6 Å². The van der Waals surface area contributed by atoms with Crippen molar-refractivity contribution in [1.29, 1.82) is 0 Å². The van der Waals surface area contributed by atoms with E-state index in [1.165, 1.54) is 12.8 Å². The number of benzene rings is 1. The molecule has 1 aromatic rings. The lowest BCUT2D eigenvalue weighted by Crippen LogP contribution is -2.50. The van der Waals surface area contributed by atoms with E-state index in [0.29, 0.717) is 5.02 Å². The van der Waals surface area contributed by atoms with E-state index in [1.54, 1.807) is 19.1 Å². The molecule has 2 aliphatic rings. The van der Waals surface area contributed by atoms with Crippen LogP contribution in [0.3, 0.4) is 0 Å². The summed E-state index contributed by atoms with van der Waals surface area (Å²) in [7, 11) is 0. The molecule has 0 atom stereocenters. The van der Waals surface area contributed by atoms with Gasteiger partial charge in [-0.3, -0.25) is 4.79 Å². The van der Waals surface area contributed by atoms with Crippen LogP contribution in [0.25, 0.3) is 0 Å². The minimum absolute atomic E-state index is 0.0640. The number of anilines is 1.